The summed E-state index contributed by atoms with van der Waals surface area (Å²) >= 11 is 4.75. The molecular formula is C5H10N2S. The van der Waals surface area contributed by atoms with Gasteiger partial charge in [-0.2, -0.15) is 0 Å². The van der Waals surface area contributed by atoms with E-state index in [0.29, 0.717) is 5.11 Å². The molecule has 0 fully saturated rings. The quantitative estimate of drug-likeness (QED) is 0.509. The molecule has 3 heteroatoms. The zero-order chi connectivity index (χ0) is 6.41. The van der Waals surface area contributed by atoms with Crippen molar-refractivity contribution in [1.29, 1.82) is 0 Å². The van der Waals surface area contributed by atoms with Crippen LogP contribution in [0.2, 0.25) is 0 Å². The van der Waals surface area contributed by atoms with Gasteiger partial charge in [-0.05, 0) is 25.3 Å². The van der Waals surface area contributed by atoms with E-state index in [4.69, 9.17) is 12.2 Å². The van der Waals surface area contributed by atoms with Crippen LogP contribution < -0.4 is 10.6 Å². The van der Waals surface area contributed by atoms with Crippen molar-refractivity contribution in [3.63, 3.8) is 0 Å². The molecule has 0 saturated carbocycles. The van der Waals surface area contributed by atoms with Crippen molar-refractivity contribution >= 4 is 17.3 Å². The second kappa shape index (κ2) is 4.59. The third-order valence-corrected chi connectivity index (χ3v) is 0.930. The second-order valence-corrected chi connectivity index (χ2v) is 1.63. The van der Waals surface area contributed by atoms with Crippen LogP contribution >= 0.6 is 12.2 Å². The largest absolute Gasteiger partial charge is 0.366 e. The van der Waals surface area contributed by atoms with E-state index in [0.717, 1.165) is 0 Å². The van der Waals surface area contributed by atoms with Crippen LogP contribution in [-0.2, 0) is 0 Å². The maximum atomic E-state index is 4.75. The van der Waals surface area contributed by atoms with Crippen LogP contribution in [0.25, 0.3) is 0 Å². The molecule has 0 radical (unpaired) electrons. The summed E-state index contributed by atoms with van der Waals surface area (Å²) in [5.74, 6) is 0. The summed E-state index contributed by atoms with van der Waals surface area (Å²) in [6.45, 7) is 1.92. The first-order valence-corrected chi connectivity index (χ1v) is 2.81. The molecule has 46 valence electrons. The fraction of sp³-hybridized carbons (Fsp3) is 0.400. The summed E-state index contributed by atoms with van der Waals surface area (Å²) in [6.07, 6.45) is 3.66. The Kier molecular flexibility index (Phi) is 4.26. The van der Waals surface area contributed by atoms with E-state index < -0.39 is 0 Å². The predicted molar refractivity (Wildman–Crippen MR) is 39.6 cm³/mol. The first-order valence-electron chi connectivity index (χ1n) is 2.40. The highest BCUT2D eigenvalue weighted by Gasteiger charge is 1.79. The number of thiocarbonyl (C=S) groups is 1. The fourth-order valence-electron chi connectivity index (χ4n) is 0.231. The fourth-order valence-corrected chi connectivity index (χ4v) is 0.299. The van der Waals surface area contributed by atoms with E-state index >= 15 is 0 Å². The third-order valence-electron chi connectivity index (χ3n) is 0.608. The lowest BCUT2D eigenvalue weighted by Gasteiger charge is -1.98. The second-order valence-electron chi connectivity index (χ2n) is 1.22. The molecule has 8 heavy (non-hydrogen) atoms. The maximum absolute atomic E-state index is 4.75. The lowest BCUT2D eigenvalue weighted by atomic mass is 10.7. The number of rotatable bonds is 1. The summed E-state index contributed by atoms with van der Waals surface area (Å²) < 4.78 is 0. The molecule has 0 saturated heterocycles. The van der Waals surface area contributed by atoms with Crippen LogP contribution in [0.5, 0.6) is 0 Å². The van der Waals surface area contributed by atoms with Gasteiger partial charge in [0.2, 0.25) is 0 Å². The van der Waals surface area contributed by atoms with Crippen LogP contribution in [-0.4, -0.2) is 12.2 Å². The topological polar surface area (TPSA) is 24.1 Å². The van der Waals surface area contributed by atoms with Gasteiger partial charge in [0, 0.05) is 7.05 Å². The van der Waals surface area contributed by atoms with Crippen LogP contribution in [0.3, 0.4) is 0 Å². The Hall–Kier alpha value is -0.570. The van der Waals surface area contributed by atoms with Crippen LogP contribution in [0.15, 0.2) is 12.3 Å². The molecule has 0 atom stereocenters. The third kappa shape index (κ3) is 3.61. The Balaban J connectivity index is 3.25. The van der Waals surface area contributed by atoms with E-state index in [1.165, 1.54) is 0 Å². The summed E-state index contributed by atoms with van der Waals surface area (Å²) in [5, 5.41) is 6.23. The molecule has 0 aliphatic rings. The smallest absolute Gasteiger partial charge is 0.170 e. The van der Waals surface area contributed by atoms with E-state index in [-0.39, 0.29) is 0 Å². The molecule has 0 aromatic carbocycles. The van der Waals surface area contributed by atoms with Gasteiger partial charge in [0.05, 0.1) is 0 Å². The first-order chi connectivity index (χ1) is 3.81. The Morgan fingerprint density at radius 3 is 2.62 bits per heavy atom. The Morgan fingerprint density at radius 2 is 2.25 bits per heavy atom. The Bertz CT molecular complexity index is 98.6. The molecule has 0 aliphatic heterocycles. The minimum absolute atomic E-state index is 0.642. The van der Waals surface area contributed by atoms with Gasteiger partial charge in [0.15, 0.2) is 5.11 Å². The minimum atomic E-state index is 0.642. The van der Waals surface area contributed by atoms with E-state index in [1.807, 2.05) is 13.0 Å². The monoisotopic (exact) mass is 130 g/mol. The van der Waals surface area contributed by atoms with E-state index in [1.54, 1.807) is 13.2 Å². The van der Waals surface area contributed by atoms with Crippen LogP contribution in [0.1, 0.15) is 6.92 Å². The van der Waals surface area contributed by atoms with E-state index in [9.17, 15) is 0 Å². The molecule has 0 heterocycles. The van der Waals surface area contributed by atoms with Gasteiger partial charge in [0.1, 0.15) is 0 Å². The number of hydrogen-bond acceptors (Lipinski definition) is 1. The van der Waals surface area contributed by atoms with Crippen molar-refractivity contribution in [2.45, 2.75) is 6.92 Å². The molecule has 2 nitrogen and oxygen atoms in total. The lowest BCUT2D eigenvalue weighted by Crippen LogP contribution is -2.27. The maximum Gasteiger partial charge on any atom is 0.170 e. The molecular weight excluding hydrogens is 120 g/mol. The van der Waals surface area contributed by atoms with Crippen molar-refractivity contribution in [1.82, 2.24) is 10.6 Å². The average molecular weight is 130 g/mol. The molecule has 0 unspecified atom stereocenters. The molecule has 0 aliphatic carbocycles. The first kappa shape index (κ1) is 7.43. The SMILES string of the molecule is C/C=C/NC(=S)NC. The minimum Gasteiger partial charge on any atom is -0.366 e. The van der Waals surface area contributed by atoms with Crippen molar-refractivity contribution in [2.24, 2.45) is 0 Å². The normalized spacial score (nSPS) is 9.25. The zero-order valence-corrected chi connectivity index (χ0v) is 5.88. The molecule has 0 aromatic heterocycles. The van der Waals surface area contributed by atoms with Crippen molar-refractivity contribution in [3.05, 3.63) is 12.3 Å². The van der Waals surface area contributed by atoms with Gasteiger partial charge in [-0.3, -0.25) is 0 Å². The molecule has 2 N–H and O–H groups in total. The highest BCUT2D eigenvalue weighted by atomic mass is 32.1. The lowest BCUT2D eigenvalue weighted by molar-refractivity contribution is 1.10. The standard InChI is InChI=1S/C5H10N2S/c1-3-4-7-5(8)6-2/h3-4H,1-2H3,(H2,6,7,8)/b4-3+. The van der Waals surface area contributed by atoms with Crippen molar-refractivity contribution in [2.75, 3.05) is 7.05 Å². The van der Waals surface area contributed by atoms with Gasteiger partial charge < -0.3 is 10.6 Å². The zero-order valence-electron chi connectivity index (χ0n) is 5.06. The van der Waals surface area contributed by atoms with Gasteiger partial charge in [-0.15, -0.1) is 0 Å². The van der Waals surface area contributed by atoms with Gasteiger partial charge in [-0.1, -0.05) is 6.08 Å². The molecule has 0 aromatic rings. The summed E-state index contributed by atoms with van der Waals surface area (Å²) in [4.78, 5) is 0. The van der Waals surface area contributed by atoms with E-state index in [2.05, 4.69) is 10.6 Å². The van der Waals surface area contributed by atoms with Crippen molar-refractivity contribution in [3.8, 4) is 0 Å². The Labute approximate surface area is 55.0 Å². The van der Waals surface area contributed by atoms with Crippen LogP contribution in [0, 0.1) is 0 Å². The van der Waals surface area contributed by atoms with Crippen LogP contribution in [0.4, 0.5) is 0 Å². The Morgan fingerprint density at radius 1 is 1.62 bits per heavy atom. The summed E-state index contributed by atoms with van der Waals surface area (Å²) in [7, 11) is 1.78. The molecule has 0 bridgehead atoms. The molecule has 0 rings (SSSR count). The number of nitrogens with one attached hydrogen (secondary N) is 2. The summed E-state index contributed by atoms with van der Waals surface area (Å²) in [6, 6.07) is 0. The molecule has 0 amide bonds. The average Bonchev–Trinajstić information content (AvgIpc) is 1.83. The highest BCUT2D eigenvalue weighted by molar-refractivity contribution is 7.80. The van der Waals surface area contributed by atoms with Gasteiger partial charge in [-0.25, -0.2) is 0 Å². The van der Waals surface area contributed by atoms with Gasteiger partial charge in [0.25, 0.3) is 0 Å². The number of allylic oxidation sites excluding steroid dienone is 1. The predicted octanol–water partition coefficient (Wildman–Crippen LogP) is 0.614. The van der Waals surface area contributed by atoms with Gasteiger partial charge >= 0.3 is 0 Å². The number of hydrogen-bond donors (Lipinski definition) is 2. The molecule has 0 spiro atoms. The summed E-state index contributed by atoms with van der Waals surface area (Å²) in [5.41, 5.74) is 0. The highest BCUT2D eigenvalue weighted by Crippen LogP contribution is 1.64. The van der Waals surface area contributed by atoms with Crippen molar-refractivity contribution < 1.29 is 0 Å².